The van der Waals surface area contributed by atoms with Gasteiger partial charge in [-0.1, -0.05) is 31.9 Å². The van der Waals surface area contributed by atoms with Gasteiger partial charge in [-0.15, -0.1) is 0 Å². The number of nitrogens with one attached hydrogen (secondary N) is 3. The number of hydrogen-bond acceptors (Lipinski definition) is 6. The Labute approximate surface area is 193 Å². The van der Waals surface area contributed by atoms with Crippen molar-refractivity contribution < 1.29 is 18.0 Å². The van der Waals surface area contributed by atoms with Crippen molar-refractivity contribution in [2.24, 2.45) is 4.99 Å². The summed E-state index contributed by atoms with van der Waals surface area (Å²) >= 11 is 0. The SMILES string of the molecule is CCCCC(N=C1NS(=O)(=O)c2ccccc21)C(=O)Nc1ccc(N2CCNC(=O)C2)cc1. The van der Waals surface area contributed by atoms with Crippen molar-refractivity contribution in [3.05, 3.63) is 54.1 Å². The molecule has 1 unspecified atom stereocenters. The van der Waals surface area contributed by atoms with E-state index in [0.29, 0.717) is 30.8 Å². The molecule has 0 aromatic heterocycles. The maximum atomic E-state index is 13.1. The summed E-state index contributed by atoms with van der Waals surface area (Å²) < 4.78 is 27.2. The molecular formula is C23H27N5O4S. The monoisotopic (exact) mass is 469 g/mol. The zero-order chi connectivity index (χ0) is 23.4. The molecule has 2 aliphatic heterocycles. The molecule has 2 aliphatic rings. The van der Waals surface area contributed by atoms with E-state index in [1.807, 2.05) is 24.0 Å². The first kappa shape index (κ1) is 22.8. The van der Waals surface area contributed by atoms with E-state index in [2.05, 4.69) is 20.3 Å². The molecule has 0 saturated carbocycles. The highest BCUT2D eigenvalue weighted by atomic mass is 32.2. The van der Waals surface area contributed by atoms with Crippen molar-refractivity contribution in [2.75, 3.05) is 29.9 Å². The summed E-state index contributed by atoms with van der Waals surface area (Å²) in [6, 6.07) is 13.2. The number of hydrogen-bond donors (Lipinski definition) is 3. The number of benzene rings is 2. The summed E-state index contributed by atoms with van der Waals surface area (Å²) in [5.41, 5.74) is 1.99. The average Bonchev–Trinajstić information content (AvgIpc) is 3.07. The predicted octanol–water partition coefficient (Wildman–Crippen LogP) is 1.86. The molecule has 2 amide bonds. The van der Waals surface area contributed by atoms with E-state index in [-0.39, 0.29) is 22.5 Å². The first-order valence-electron chi connectivity index (χ1n) is 11.0. The molecule has 174 valence electrons. The molecule has 0 spiro atoms. The van der Waals surface area contributed by atoms with Crippen LogP contribution in [0.15, 0.2) is 58.4 Å². The normalized spacial score (nSPS) is 18.9. The smallest absolute Gasteiger partial charge is 0.263 e. The minimum Gasteiger partial charge on any atom is -0.360 e. The number of unbranched alkanes of at least 4 members (excludes halogenated alkanes) is 1. The van der Waals surface area contributed by atoms with Gasteiger partial charge in [-0.05, 0) is 42.8 Å². The van der Waals surface area contributed by atoms with Crippen molar-refractivity contribution >= 4 is 39.0 Å². The van der Waals surface area contributed by atoms with Gasteiger partial charge in [0, 0.05) is 30.0 Å². The summed E-state index contributed by atoms with van der Waals surface area (Å²) in [6.07, 6.45) is 2.16. The molecule has 0 aliphatic carbocycles. The van der Waals surface area contributed by atoms with Crippen LogP contribution in [-0.4, -0.2) is 51.7 Å². The average molecular weight is 470 g/mol. The summed E-state index contributed by atoms with van der Waals surface area (Å²) in [7, 11) is -3.67. The fraction of sp³-hybridized carbons (Fsp3) is 0.348. The number of anilines is 2. The second-order valence-corrected chi connectivity index (χ2v) is 9.70. The molecule has 2 aromatic carbocycles. The maximum Gasteiger partial charge on any atom is 0.263 e. The van der Waals surface area contributed by atoms with Gasteiger partial charge in [0.2, 0.25) is 11.8 Å². The Morgan fingerprint density at radius 1 is 1.18 bits per heavy atom. The van der Waals surface area contributed by atoms with Gasteiger partial charge in [-0.25, -0.2) is 8.42 Å². The number of fused-ring (bicyclic) bond motifs is 1. The quantitative estimate of drug-likeness (QED) is 0.572. The van der Waals surface area contributed by atoms with Crippen LogP contribution in [0.4, 0.5) is 11.4 Å². The number of aliphatic imine (C=N–C) groups is 1. The predicted molar refractivity (Wildman–Crippen MR) is 127 cm³/mol. The second kappa shape index (κ2) is 9.62. The maximum absolute atomic E-state index is 13.1. The Bertz CT molecular complexity index is 1180. The molecule has 9 nitrogen and oxygen atoms in total. The molecule has 0 radical (unpaired) electrons. The highest BCUT2D eigenvalue weighted by Gasteiger charge is 2.31. The molecule has 1 saturated heterocycles. The number of nitrogens with zero attached hydrogens (tertiary/aromatic N) is 2. The molecule has 1 atom stereocenters. The van der Waals surface area contributed by atoms with Crippen molar-refractivity contribution in [1.82, 2.24) is 10.0 Å². The minimum atomic E-state index is -3.67. The Balaban J connectivity index is 1.51. The third-order valence-corrected chi connectivity index (χ3v) is 7.02. The molecule has 2 heterocycles. The lowest BCUT2D eigenvalue weighted by Gasteiger charge is -2.28. The lowest BCUT2D eigenvalue weighted by Crippen LogP contribution is -2.47. The van der Waals surface area contributed by atoms with Crippen molar-refractivity contribution in [1.29, 1.82) is 0 Å². The van der Waals surface area contributed by atoms with Gasteiger partial charge >= 0.3 is 0 Å². The standard InChI is InChI=1S/C23H27N5O4S/c1-2-3-7-19(26-22-18-6-4-5-8-20(18)33(31,32)27-22)23(30)25-16-9-11-17(12-10-16)28-14-13-24-21(29)15-28/h4-6,8-12,19H,2-3,7,13-15H2,1H3,(H,24,29)(H,25,30)(H,26,27). The van der Waals surface area contributed by atoms with Crippen LogP contribution in [0.1, 0.15) is 31.7 Å². The molecule has 3 N–H and O–H groups in total. The first-order chi connectivity index (χ1) is 15.9. The lowest BCUT2D eigenvalue weighted by atomic mass is 10.1. The third kappa shape index (κ3) is 5.16. The molecule has 33 heavy (non-hydrogen) atoms. The highest BCUT2D eigenvalue weighted by molar-refractivity contribution is 7.90. The summed E-state index contributed by atoms with van der Waals surface area (Å²) in [4.78, 5) is 31.3. The second-order valence-electron chi connectivity index (χ2n) is 8.05. The van der Waals surface area contributed by atoms with E-state index in [4.69, 9.17) is 0 Å². The zero-order valence-electron chi connectivity index (χ0n) is 18.4. The van der Waals surface area contributed by atoms with Crippen LogP contribution in [-0.2, 0) is 19.6 Å². The fourth-order valence-electron chi connectivity index (χ4n) is 3.88. The molecule has 0 bridgehead atoms. The van der Waals surface area contributed by atoms with E-state index in [1.54, 1.807) is 30.3 Å². The Hall–Kier alpha value is -3.40. The van der Waals surface area contributed by atoms with Crippen molar-refractivity contribution in [2.45, 2.75) is 37.1 Å². The molecule has 1 fully saturated rings. The van der Waals surface area contributed by atoms with E-state index in [1.165, 1.54) is 6.07 Å². The van der Waals surface area contributed by atoms with Gasteiger partial charge in [0.05, 0.1) is 11.4 Å². The van der Waals surface area contributed by atoms with Crippen LogP contribution in [0.25, 0.3) is 0 Å². The van der Waals surface area contributed by atoms with Gasteiger partial charge in [0.15, 0.2) is 0 Å². The van der Waals surface area contributed by atoms with Crippen molar-refractivity contribution in [3.63, 3.8) is 0 Å². The number of carbonyl (C=O) groups excluding carboxylic acids is 2. The van der Waals surface area contributed by atoms with Crippen molar-refractivity contribution in [3.8, 4) is 0 Å². The summed E-state index contributed by atoms with van der Waals surface area (Å²) in [6.45, 7) is 3.66. The number of amidine groups is 1. The first-order valence-corrected chi connectivity index (χ1v) is 12.5. The van der Waals surface area contributed by atoms with Gasteiger partial charge in [0.25, 0.3) is 10.0 Å². The topological polar surface area (TPSA) is 120 Å². The van der Waals surface area contributed by atoms with Crippen LogP contribution in [0.3, 0.4) is 0 Å². The molecule has 2 aromatic rings. The van der Waals surface area contributed by atoms with Crippen LogP contribution in [0.2, 0.25) is 0 Å². The van der Waals surface area contributed by atoms with Crippen LogP contribution in [0, 0.1) is 0 Å². The van der Waals surface area contributed by atoms with Gasteiger partial charge in [0.1, 0.15) is 11.9 Å². The van der Waals surface area contributed by atoms with Crippen LogP contribution < -0.4 is 20.3 Å². The number of piperazine rings is 1. The number of amides is 2. The van der Waals surface area contributed by atoms with E-state index in [0.717, 1.165) is 25.1 Å². The van der Waals surface area contributed by atoms with Crippen LogP contribution >= 0.6 is 0 Å². The lowest BCUT2D eigenvalue weighted by molar-refractivity contribution is -0.120. The summed E-state index contributed by atoms with van der Waals surface area (Å²) in [5.74, 6) is -0.120. The fourth-order valence-corrected chi connectivity index (χ4v) is 5.12. The highest BCUT2D eigenvalue weighted by Crippen LogP contribution is 2.24. The molecule has 10 heteroatoms. The van der Waals surface area contributed by atoms with Crippen LogP contribution in [0.5, 0.6) is 0 Å². The van der Waals surface area contributed by atoms with Gasteiger partial charge in [-0.3, -0.25) is 19.3 Å². The Morgan fingerprint density at radius 2 is 1.94 bits per heavy atom. The molecule has 4 rings (SSSR count). The number of sulfonamides is 1. The number of carbonyl (C=O) groups is 2. The van der Waals surface area contributed by atoms with E-state index < -0.39 is 16.1 Å². The number of rotatable bonds is 7. The Kier molecular flexibility index (Phi) is 6.64. The molecular weight excluding hydrogens is 442 g/mol. The summed E-state index contributed by atoms with van der Waals surface area (Å²) in [5, 5.41) is 5.68. The van der Waals surface area contributed by atoms with Gasteiger partial charge < -0.3 is 15.5 Å². The minimum absolute atomic E-state index is 0.0133. The van der Waals surface area contributed by atoms with E-state index >= 15 is 0 Å². The van der Waals surface area contributed by atoms with E-state index in [9.17, 15) is 18.0 Å². The zero-order valence-corrected chi connectivity index (χ0v) is 19.2. The van der Waals surface area contributed by atoms with Gasteiger partial charge in [-0.2, -0.15) is 0 Å². The largest absolute Gasteiger partial charge is 0.360 e. The third-order valence-electron chi connectivity index (χ3n) is 5.62. The Morgan fingerprint density at radius 3 is 2.67 bits per heavy atom.